The standard InChI is InChI=1S/C19H30N4O4S/c1-20-18(23-9-6-19(14-23)7-10-27-15-19)21-13-16-4-3-5-17(12-16)28(24,25)22-8-11-26-2/h3-5,12,22H,6-11,13-15H2,1-2H3,(H,20,21). The van der Waals surface area contributed by atoms with Gasteiger partial charge in [0.05, 0.1) is 18.1 Å². The van der Waals surface area contributed by atoms with E-state index in [1.54, 1.807) is 25.2 Å². The maximum atomic E-state index is 12.4. The molecule has 2 N–H and O–H groups in total. The van der Waals surface area contributed by atoms with E-state index in [9.17, 15) is 8.42 Å². The van der Waals surface area contributed by atoms with Crippen LogP contribution < -0.4 is 10.0 Å². The normalized spacial score (nSPS) is 22.9. The van der Waals surface area contributed by atoms with Crippen LogP contribution in [0.25, 0.3) is 0 Å². The molecule has 3 rings (SSSR count). The highest BCUT2D eigenvalue weighted by molar-refractivity contribution is 7.89. The number of aliphatic imine (C=N–C) groups is 1. The third kappa shape index (κ3) is 5.02. The van der Waals surface area contributed by atoms with Gasteiger partial charge in [0.1, 0.15) is 0 Å². The Morgan fingerprint density at radius 1 is 1.39 bits per heavy atom. The minimum atomic E-state index is -3.54. The monoisotopic (exact) mass is 410 g/mol. The van der Waals surface area contributed by atoms with Crippen LogP contribution in [0.15, 0.2) is 34.2 Å². The van der Waals surface area contributed by atoms with Crippen molar-refractivity contribution in [2.24, 2.45) is 10.4 Å². The molecule has 1 aromatic rings. The van der Waals surface area contributed by atoms with E-state index in [2.05, 4.69) is 19.9 Å². The van der Waals surface area contributed by atoms with Crippen LogP contribution >= 0.6 is 0 Å². The summed E-state index contributed by atoms with van der Waals surface area (Å²) in [4.78, 5) is 6.92. The third-order valence-electron chi connectivity index (χ3n) is 5.39. The lowest BCUT2D eigenvalue weighted by atomic mass is 9.87. The summed E-state index contributed by atoms with van der Waals surface area (Å²) in [5, 5.41) is 3.36. The molecule has 2 fully saturated rings. The molecule has 2 heterocycles. The maximum absolute atomic E-state index is 12.4. The van der Waals surface area contributed by atoms with Crippen LogP contribution in [0.3, 0.4) is 0 Å². The lowest BCUT2D eigenvalue weighted by Crippen LogP contribution is -2.41. The fourth-order valence-corrected chi connectivity index (χ4v) is 4.87. The topological polar surface area (TPSA) is 92.3 Å². The largest absolute Gasteiger partial charge is 0.383 e. The van der Waals surface area contributed by atoms with Crippen LogP contribution in [-0.2, 0) is 26.0 Å². The first-order valence-corrected chi connectivity index (χ1v) is 11.1. The van der Waals surface area contributed by atoms with Crippen LogP contribution in [0.2, 0.25) is 0 Å². The number of nitrogens with zero attached hydrogens (tertiary/aromatic N) is 2. The highest BCUT2D eigenvalue weighted by atomic mass is 32.2. The van der Waals surface area contributed by atoms with Crippen LogP contribution in [-0.4, -0.2) is 72.9 Å². The summed E-state index contributed by atoms with van der Waals surface area (Å²) < 4.78 is 37.8. The molecule has 2 aliphatic rings. The molecule has 2 aliphatic heterocycles. The number of hydrogen-bond donors (Lipinski definition) is 2. The second-order valence-electron chi connectivity index (χ2n) is 7.41. The van der Waals surface area contributed by atoms with Crippen molar-refractivity contribution in [1.29, 1.82) is 0 Å². The molecule has 1 atom stereocenters. The SMILES string of the molecule is CN=C(NCc1cccc(S(=O)(=O)NCCOC)c1)N1CCC2(CCOC2)C1. The smallest absolute Gasteiger partial charge is 0.240 e. The van der Waals surface area contributed by atoms with E-state index in [1.165, 1.54) is 7.11 Å². The number of likely N-dealkylation sites (tertiary alicyclic amines) is 1. The van der Waals surface area contributed by atoms with E-state index in [1.807, 2.05) is 6.07 Å². The summed E-state index contributed by atoms with van der Waals surface area (Å²) in [5.74, 6) is 0.843. The molecule has 9 heteroatoms. The third-order valence-corrected chi connectivity index (χ3v) is 6.85. The minimum Gasteiger partial charge on any atom is -0.383 e. The summed E-state index contributed by atoms with van der Waals surface area (Å²) in [6.07, 6.45) is 2.23. The lowest BCUT2D eigenvalue weighted by molar-refractivity contribution is 0.156. The van der Waals surface area contributed by atoms with E-state index in [4.69, 9.17) is 9.47 Å². The molecule has 0 aliphatic carbocycles. The number of methoxy groups -OCH3 is 1. The first kappa shape index (κ1) is 21.0. The Labute approximate surface area is 167 Å². The molecule has 156 valence electrons. The first-order chi connectivity index (χ1) is 13.5. The van der Waals surface area contributed by atoms with Crippen molar-refractivity contribution in [3.63, 3.8) is 0 Å². The summed E-state index contributed by atoms with van der Waals surface area (Å²) >= 11 is 0. The Bertz CT molecular complexity index is 791. The van der Waals surface area contributed by atoms with Crippen LogP contribution in [0.5, 0.6) is 0 Å². The second kappa shape index (κ2) is 9.21. The summed E-state index contributed by atoms with van der Waals surface area (Å²) in [6, 6.07) is 6.94. The van der Waals surface area contributed by atoms with Crippen LogP contribution in [0.4, 0.5) is 0 Å². The number of benzene rings is 1. The van der Waals surface area contributed by atoms with Gasteiger partial charge >= 0.3 is 0 Å². The Morgan fingerprint density at radius 3 is 2.96 bits per heavy atom. The quantitative estimate of drug-likeness (QED) is 0.392. The van der Waals surface area contributed by atoms with Crippen molar-refractivity contribution in [3.05, 3.63) is 29.8 Å². The van der Waals surface area contributed by atoms with Gasteiger partial charge in [-0.3, -0.25) is 4.99 Å². The number of ether oxygens (including phenoxy) is 2. The van der Waals surface area contributed by atoms with Crippen molar-refractivity contribution in [3.8, 4) is 0 Å². The zero-order valence-electron chi connectivity index (χ0n) is 16.6. The average molecular weight is 411 g/mol. The molecule has 1 unspecified atom stereocenters. The molecule has 0 saturated carbocycles. The Morgan fingerprint density at radius 2 is 2.25 bits per heavy atom. The number of guanidine groups is 1. The Balaban J connectivity index is 1.59. The fraction of sp³-hybridized carbons (Fsp3) is 0.632. The van der Waals surface area contributed by atoms with Gasteiger partial charge in [0.25, 0.3) is 0 Å². The highest BCUT2D eigenvalue weighted by Crippen LogP contribution is 2.38. The molecule has 0 aromatic heterocycles. The molecule has 8 nitrogen and oxygen atoms in total. The van der Waals surface area contributed by atoms with Crippen molar-refractivity contribution >= 4 is 16.0 Å². The van der Waals surface area contributed by atoms with E-state index in [0.29, 0.717) is 13.2 Å². The van der Waals surface area contributed by atoms with Gasteiger partial charge in [-0.15, -0.1) is 0 Å². The molecule has 1 spiro atoms. The van der Waals surface area contributed by atoms with E-state index in [-0.39, 0.29) is 16.9 Å². The van der Waals surface area contributed by atoms with Gasteiger partial charge < -0.3 is 19.7 Å². The van der Waals surface area contributed by atoms with Crippen LogP contribution in [0, 0.1) is 5.41 Å². The summed E-state index contributed by atoms with van der Waals surface area (Å²) in [6.45, 7) is 4.67. The van der Waals surface area contributed by atoms with Crippen molar-refractivity contribution < 1.29 is 17.9 Å². The molecular weight excluding hydrogens is 380 g/mol. The van der Waals surface area contributed by atoms with Crippen molar-refractivity contribution in [2.75, 3.05) is 53.6 Å². The Kier molecular flexibility index (Phi) is 6.92. The van der Waals surface area contributed by atoms with Gasteiger partial charge in [0.15, 0.2) is 5.96 Å². The molecule has 1 aromatic carbocycles. The van der Waals surface area contributed by atoms with Gasteiger partial charge in [-0.2, -0.15) is 0 Å². The summed E-state index contributed by atoms with van der Waals surface area (Å²) in [5.41, 5.74) is 1.15. The van der Waals surface area contributed by atoms with Gasteiger partial charge in [-0.1, -0.05) is 12.1 Å². The average Bonchev–Trinajstić information content (AvgIpc) is 3.33. The zero-order chi connectivity index (χ0) is 20.0. The fourth-order valence-electron chi connectivity index (χ4n) is 3.78. The second-order valence-corrected chi connectivity index (χ2v) is 9.18. The minimum absolute atomic E-state index is 0.244. The van der Waals surface area contributed by atoms with Crippen molar-refractivity contribution in [2.45, 2.75) is 24.3 Å². The van der Waals surface area contributed by atoms with E-state index in [0.717, 1.165) is 50.7 Å². The molecule has 2 saturated heterocycles. The summed E-state index contributed by atoms with van der Waals surface area (Å²) in [7, 11) is -0.228. The molecule has 28 heavy (non-hydrogen) atoms. The number of nitrogens with one attached hydrogen (secondary N) is 2. The number of sulfonamides is 1. The number of hydrogen-bond acceptors (Lipinski definition) is 5. The van der Waals surface area contributed by atoms with Gasteiger partial charge in [-0.25, -0.2) is 13.1 Å². The number of rotatable bonds is 7. The van der Waals surface area contributed by atoms with Gasteiger partial charge in [0.2, 0.25) is 10.0 Å². The molecule has 0 amide bonds. The predicted molar refractivity (Wildman–Crippen MR) is 108 cm³/mol. The maximum Gasteiger partial charge on any atom is 0.240 e. The molecule has 0 radical (unpaired) electrons. The predicted octanol–water partition coefficient (Wildman–Crippen LogP) is 0.799. The van der Waals surface area contributed by atoms with Crippen molar-refractivity contribution in [1.82, 2.24) is 14.9 Å². The van der Waals surface area contributed by atoms with Gasteiger partial charge in [-0.05, 0) is 30.5 Å². The van der Waals surface area contributed by atoms with E-state index < -0.39 is 10.0 Å². The molecule has 0 bridgehead atoms. The molecular formula is C19H30N4O4S. The Hall–Kier alpha value is -1.68. The highest BCUT2D eigenvalue weighted by Gasteiger charge is 2.42. The van der Waals surface area contributed by atoms with Crippen LogP contribution in [0.1, 0.15) is 18.4 Å². The lowest BCUT2D eigenvalue weighted by Gasteiger charge is -2.25. The van der Waals surface area contributed by atoms with Gasteiger partial charge in [0, 0.05) is 52.4 Å². The zero-order valence-corrected chi connectivity index (χ0v) is 17.4. The van der Waals surface area contributed by atoms with E-state index >= 15 is 0 Å². The first-order valence-electron chi connectivity index (χ1n) is 9.59.